The molecule has 3 heteroatoms. The molecule has 1 aliphatic heterocycles. The van der Waals surface area contributed by atoms with Gasteiger partial charge in [-0.3, -0.25) is 0 Å². The number of nitrogens with two attached hydrogens (primary N) is 1. The number of nitrogens with zero attached hydrogens (tertiary/aromatic N) is 1. The minimum absolute atomic E-state index is 0.312. The molecule has 12 heavy (non-hydrogen) atoms. The van der Waals surface area contributed by atoms with Crippen molar-refractivity contribution in [2.75, 3.05) is 19.6 Å². The second-order valence-electron chi connectivity index (χ2n) is 3.94. The lowest BCUT2D eigenvalue weighted by Crippen LogP contribution is -2.46. The van der Waals surface area contributed by atoms with Gasteiger partial charge in [0.2, 0.25) is 0 Å². The minimum atomic E-state index is 0.312. The normalized spacial score (nSPS) is 31.8. The Kier molecular flexibility index (Phi) is 3.50. The van der Waals surface area contributed by atoms with E-state index in [-0.39, 0.29) is 0 Å². The van der Waals surface area contributed by atoms with Gasteiger partial charge in [0.05, 0.1) is 0 Å². The molecule has 3 N–H and O–H groups in total. The summed E-state index contributed by atoms with van der Waals surface area (Å²) in [7, 11) is 0. The first kappa shape index (κ1) is 9.96. The van der Waals surface area contributed by atoms with Gasteiger partial charge in [-0.1, -0.05) is 20.8 Å². The van der Waals surface area contributed by atoms with Crippen LogP contribution >= 0.6 is 0 Å². The quantitative estimate of drug-likeness (QED) is 0.629. The van der Waals surface area contributed by atoms with Crippen LogP contribution < -0.4 is 11.1 Å². The molecule has 2 atom stereocenters. The Morgan fingerprint density at radius 2 is 2.17 bits per heavy atom. The number of rotatable bonds is 3. The second-order valence-corrected chi connectivity index (χ2v) is 3.94. The zero-order valence-electron chi connectivity index (χ0n) is 8.38. The van der Waals surface area contributed by atoms with E-state index >= 15 is 0 Å². The van der Waals surface area contributed by atoms with E-state index in [1.807, 2.05) is 0 Å². The molecule has 0 spiro atoms. The van der Waals surface area contributed by atoms with Gasteiger partial charge < -0.3 is 16.0 Å². The smallest absolute Gasteiger partial charge is 0.0361 e. The van der Waals surface area contributed by atoms with Crippen LogP contribution in [0.1, 0.15) is 20.8 Å². The maximum absolute atomic E-state index is 5.99. The lowest BCUT2D eigenvalue weighted by molar-refractivity contribution is 0.341. The first-order valence-electron chi connectivity index (χ1n) is 4.87. The molecule has 0 bridgehead atoms. The Morgan fingerprint density at radius 3 is 2.58 bits per heavy atom. The summed E-state index contributed by atoms with van der Waals surface area (Å²) in [6.45, 7) is 9.79. The highest BCUT2D eigenvalue weighted by molar-refractivity contribution is 4.92. The highest BCUT2D eigenvalue weighted by atomic mass is 15.2. The number of likely N-dealkylation sites (N-methyl/N-ethyl adjacent to an activating group) is 1. The Balaban J connectivity index is 2.35. The first-order valence-corrected chi connectivity index (χ1v) is 4.87. The predicted octanol–water partition coefficient (Wildman–Crippen LogP) is 0.0158. The molecule has 2 unspecified atom stereocenters. The monoisotopic (exact) mass is 171 g/mol. The molecular formula is C9H21N3. The topological polar surface area (TPSA) is 41.3 Å². The van der Waals surface area contributed by atoms with Crippen LogP contribution in [0.25, 0.3) is 0 Å². The van der Waals surface area contributed by atoms with E-state index in [2.05, 4.69) is 31.0 Å². The van der Waals surface area contributed by atoms with Gasteiger partial charge in [0.1, 0.15) is 0 Å². The van der Waals surface area contributed by atoms with E-state index in [9.17, 15) is 0 Å². The Morgan fingerprint density at radius 1 is 1.50 bits per heavy atom. The van der Waals surface area contributed by atoms with Crippen LogP contribution in [0.2, 0.25) is 0 Å². The summed E-state index contributed by atoms with van der Waals surface area (Å²) < 4.78 is 0. The van der Waals surface area contributed by atoms with E-state index in [1.54, 1.807) is 0 Å². The molecule has 0 aromatic rings. The average molecular weight is 171 g/mol. The van der Waals surface area contributed by atoms with Crippen molar-refractivity contribution in [3.63, 3.8) is 0 Å². The summed E-state index contributed by atoms with van der Waals surface area (Å²) >= 11 is 0. The van der Waals surface area contributed by atoms with Gasteiger partial charge >= 0.3 is 0 Å². The molecule has 0 aromatic carbocycles. The second kappa shape index (κ2) is 4.21. The van der Waals surface area contributed by atoms with Gasteiger partial charge in [0.25, 0.3) is 0 Å². The first-order chi connectivity index (χ1) is 5.63. The molecule has 1 rings (SSSR count). The third-order valence-electron chi connectivity index (χ3n) is 2.44. The molecule has 0 radical (unpaired) electrons. The number of hydrogen-bond acceptors (Lipinski definition) is 3. The Labute approximate surface area is 75.3 Å². The van der Waals surface area contributed by atoms with E-state index in [4.69, 9.17) is 5.73 Å². The molecule has 0 saturated carbocycles. The fourth-order valence-electron chi connectivity index (χ4n) is 1.78. The van der Waals surface area contributed by atoms with Crippen LogP contribution in [0.4, 0.5) is 0 Å². The van der Waals surface area contributed by atoms with Gasteiger partial charge in [0, 0.05) is 31.2 Å². The van der Waals surface area contributed by atoms with Gasteiger partial charge in [-0.15, -0.1) is 0 Å². The predicted molar refractivity (Wildman–Crippen MR) is 52.1 cm³/mol. The Bertz CT molecular complexity index is 136. The maximum atomic E-state index is 5.99. The standard InChI is InChI=1S/C9H21N3/c1-4-12-5-8(10)9(6-12)11-7(2)3/h7-9,11H,4-6,10H2,1-3H3. The summed E-state index contributed by atoms with van der Waals surface area (Å²) in [4.78, 5) is 2.39. The molecule has 0 aliphatic carbocycles. The van der Waals surface area contributed by atoms with E-state index in [1.165, 1.54) is 0 Å². The third kappa shape index (κ3) is 2.44. The highest BCUT2D eigenvalue weighted by Crippen LogP contribution is 2.07. The molecule has 1 fully saturated rings. The molecule has 72 valence electrons. The molecule has 0 amide bonds. The van der Waals surface area contributed by atoms with Crippen LogP contribution in [0, 0.1) is 0 Å². The van der Waals surface area contributed by atoms with Crippen molar-refractivity contribution in [2.45, 2.75) is 38.9 Å². The van der Waals surface area contributed by atoms with Gasteiger partial charge in [-0.25, -0.2) is 0 Å². The number of hydrogen-bond donors (Lipinski definition) is 2. The van der Waals surface area contributed by atoms with E-state index in [0.29, 0.717) is 18.1 Å². The third-order valence-corrected chi connectivity index (χ3v) is 2.44. The van der Waals surface area contributed by atoms with Crippen LogP contribution in [0.5, 0.6) is 0 Å². The molecular weight excluding hydrogens is 150 g/mol. The van der Waals surface area contributed by atoms with Crippen molar-refractivity contribution < 1.29 is 0 Å². The average Bonchev–Trinajstić information content (AvgIpc) is 2.31. The van der Waals surface area contributed by atoms with Crippen LogP contribution in [0.15, 0.2) is 0 Å². The number of nitrogens with one attached hydrogen (secondary N) is 1. The number of likely N-dealkylation sites (tertiary alicyclic amines) is 1. The molecule has 1 aliphatic rings. The molecule has 1 heterocycles. The van der Waals surface area contributed by atoms with Gasteiger partial charge in [0.15, 0.2) is 0 Å². The van der Waals surface area contributed by atoms with E-state index in [0.717, 1.165) is 19.6 Å². The zero-order chi connectivity index (χ0) is 9.14. The highest BCUT2D eigenvalue weighted by Gasteiger charge is 2.28. The lowest BCUT2D eigenvalue weighted by Gasteiger charge is -2.19. The van der Waals surface area contributed by atoms with Crippen molar-refractivity contribution >= 4 is 0 Å². The minimum Gasteiger partial charge on any atom is -0.325 e. The van der Waals surface area contributed by atoms with Crippen molar-refractivity contribution in [3.8, 4) is 0 Å². The maximum Gasteiger partial charge on any atom is 0.0361 e. The SMILES string of the molecule is CCN1CC(N)C(NC(C)C)C1. The summed E-state index contributed by atoms with van der Waals surface area (Å²) in [6.07, 6.45) is 0. The van der Waals surface area contributed by atoms with Gasteiger partial charge in [-0.2, -0.15) is 0 Å². The van der Waals surface area contributed by atoms with Crippen molar-refractivity contribution in [3.05, 3.63) is 0 Å². The summed E-state index contributed by atoms with van der Waals surface area (Å²) in [5, 5.41) is 3.49. The lowest BCUT2D eigenvalue weighted by atomic mass is 10.1. The summed E-state index contributed by atoms with van der Waals surface area (Å²) in [5.74, 6) is 0. The van der Waals surface area contributed by atoms with Crippen molar-refractivity contribution in [2.24, 2.45) is 5.73 Å². The molecule has 3 nitrogen and oxygen atoms in total. The molecule has 0 aromatic heterocycles. The van der Waals surface area contributed by atoms with Crippen molar-refractivity contribution in [1.29, 1.82) is 0 Å². The Hall–Kier alpha value is -0.120. The fourth-order valence-corrected chi connectivity index (χ4v) is 1.78. The fraction of sp³-hybridized carbons (Fsp3) is 1.00. The molecule has 1 saturated heterocycles. The zero-order valence-corrected chi connectivity index (χ0v) is 8.38. The van der Waals surface area contributed by atoms with Crippen LogP contribution in [0.3, 0.4) is 0 Å². The van der Waals surface area contributed by atoms with Crippen LogP contribution in [-0.4, -0.2) is 42.7 Å². The summed E-state index contributed by atoms with van der Waals surface area (Å²) in [6, 6.07) is 1.34. The van der Waals surface area contributed by atoms with E-state index < -0.39 is 0 Å². The van der Waals surface area contributed by atoms with Crippen LogP contribution in [-0.2, 0) is 0 Å². The van der Waals surface area contributed by atoms with Crippen molar-refractivity contribution in [1.82, 2.24) is 10.2 Å². The van der Waals surface area contributed by atoms with Gasteiger partial charge in [-0.05, 0) is 6.54 Å². The largest absolute Gasteiger partial charge is 0.325 e. The summed E-state index contributed by atoms with van der Waals surface area (Å²) in [5.41, 5.74) is 5.99.